The normalized spacial score (nSPS) is 13.1. The predicted molar refractivity (Wildman–Crippen MR) is 116 cm³/mol. The molecule has 3 N–H and O–H groups in total. The van der Waals surface area contributed by atoms with Crippen LogP contribution in [0.4, 0.5) is 10.6 Å². The highest BCUT2D eigenvalue weighted by Gasteiger charge is 2.29. The van der Waals surface area contributed by atoms with Crippen LogP contribution in [0.25, 0.3) is 11.1 Å². The van der Waals surface area contributed by atoms with Gasteiger partial charge in [0.1, 0.15) is 24.0 Å². The predicted octanol–water partition coefficient (Wildman–Crippen LogP) is 2.98. The Balaban J connectivity index is 1.38. The van der Waals surface area contributed by atoms with Crippen LogP contribution >= 0.6 is 0 Å². The maximum absolute atomic E-state index is 12.4. The minimum atomic E-state index is -1.22. The largest absolute Gasteiger partial charge is 0.477 e. The van der Waals surface area contributed by atoms with E-state index in [-0.39, 0.29) is 23.9 Å². The summed E-state index contributed by atoms with van der Waals surface area (Å²) < 4.78 is 6.68. The van der Waals surface area contributed by atoms with Crippen LogP contribution < -0.4 is 10.6 Å². The Morgan fingerprint density at radius 1 is 1.09 bits per heavy atom. The summed E-state index contributed by atoms with van der Waals surface area (Å²) in [6.45, 7) is 1.60. The number of nitrogens with one attached hydrogen (secondary N) is 2. The van der Waals surface area contributed by atoms with Crippen molar-refractivity contribution in [3.8, 4) is 11.1 Å². The summed E-state index contributed by atoms with van der Waals surface area (Å²) in [6.07, 6.45) is 0.402. The molecule has 9 nitrogen and oxygen atoms in total. The van der Waals surface area contributed by atoms with E-state index in [1.54, 1.807) is 0 Å². The molecule has 0 aliphatic heterocycles. The molecule has 32 heavy (non-hydrogen) atoms. The second-order valence-electron chi connectivity index (χ2n) is 7.52. The first kappa shape index (κ1) is 21.1. The zero-order chi connectivity index (χ0) is 22.8. The number of fused-ring (bicyclic) bond motifs is 3. The van der Waals surface area contributed by atoms with Crippen molar-refractivity contribution in [2.45, 2.75) is 18.9 Å². The topological polar surface area (TPSA) is 123 Å². The van der Waals surface area contributed by atoms with Crippen LogP contribution in [0.5, 0.6) is 0 Å². The van der Waals surface area contributed by atoms with Crippen molar-refractivity contribution in [2.75, 3.05) is 11.9 Å². The van der Waals surface area contributed by atoms with Gasteiger partial charge in [0, 0.05) is 13.0 Å². The van der Waals surface area contributed by atoms with Gasteiger partial charge in [0.15, 0.2) is 0 Å². The van der Waals surface area contributed by atoms with E-state index in [2.05, 4.69) is 15.7 Å². The van der Waals surface area contributed by atoms with E-state index >= 15 is 0 Å². The molecule has 9 heteroatoms. The van der Waals surface area contributed by atoms with E-state index in [4.69, 9.17) is 4.74 Å². The zero-order valence-corrected chi connectivity index (χ0v) is 17.5. The van der Waals surface area contributed by atoms with Gasteiger partial charge in [-0.3, -0.25) is 9.48 Å². The van der Waals surface area contributed by atoms with Gasteiger partial charge in [-0.2, -0.15) is 5.10 Å². The molecule has 0 fully saturated rings. The van der Waals surface area contributed by atoms with Crippen LogP contribution in [-0.2, 0) is 16.6 Å². The van der Waals surface area contributed by atoms with Crippen molar-refractivity contribution in [3.05, 3.63) is 71.4 Å². The Hall–Kier alpha value is -4.14. The smallest absolute Gasteiger partial charge is 0.407 e. The molecular formula is C23H22N4O5. The molecule has 2 aromatic carbocycles. The van der Waals surface area contributed by atoms with Crippen molar-refractivity contribution < 1.29 is 24.2 Å². The minimum Gasteiger partial charge on any atom is -0.477 e. The Kier molecular flexibility index (Phi) is 5.63. The SMILES string of the molecule is C[C@@H](NC(=O)OCC1c2ccccc2-c2ccccc21)C(=O)Nc1c(C(=O)O)cnn1C. The van der Waals surface area contributed by atoms with Crippen LogP contribution in [0.2, 0.25) is 0 Å². The summed E-state index contributed by atoms with van der Waals surface area (Å²) >= 11 is 0. The number of anilines is 1. The zero-order valence-electron chi connectivity index (χ0n) is 17.5. The van der Waals surface area contributed by atoms with Crippen molar-refractivity contribution >= 4 is 23.8 Å². The average molecular weight is 434 g/mol. The maximum Gasteiger partial charge on any atom is 0.407 e. The first-order valence-electron chi connectivity index (χ1n) is 10.0. The number of aromatic nitrogens is 2. The number of ether oxygens (including phenoxy) is 1. The first-order valence-corrected chi connectivity index (χ1v) is 10.0. The minimum absolute atomic E-state index is 0.0312. The third kappa shape index (κ3) is 3.92. The van der Waals surface area contributed by atoms with Crippen LogP contribution in [0.1, 0.15) is 34.3 Å². The Bertz CT molecular complexity index is 1160. The number of carbonyl (C=O) groups excluding carboxylic acids is 2. The van der Waals surface area contributed by atoms with Gasteiger partial charge in [-0.05, 0) is 29.2 Å². The lowest BCUT2D eigenvalue weighted by Gasteiger charge is -2.17. The first-order chi connectivity index (χ1) is 15.4. The number of carbonyl (C=O) groups is 3. The molecule has 0 saturated carbocycles. The highest BCUT2D eigenvalue weighted by molar-refractivity contribution is 6.01. The number of nitrogens with zero attached hydrogens (tertiary/aromatic N) is 2. The number of carboxylic acids is 1. The van der Waals surface area contributed by atoms with Crippen molar-refractivity contribution in [3.63, 3.8) is 0 Å². The summed E-state index contributed by atoms with van der Waals surface area (Å²) in [7, 11) is 1.51. The lowest BCUT2D eigenvalue weighted by molar-refractivity contribution is -0.117. The Morgan fingerprint density at radius 2 is 1.69 bits per heavy atom. The highest BCUT2D eigenvalue weighted by atomic mass is 16.5. The van der Waals surface area contributed by atoms with E-state index in [1.807, 2.05) is 48.5 Å². The molecule has 4 rings (SSSR count). The average Bonchev–Trinajstić information content (AvgIpc) is 3.30. The van der Waals surface area contributed by atoms with Gasteiger partial charge >= 0.3 is 12.1 Å². The summed E-state index contributed by atoms with van der Waals surface area (Å²) in [6, 6.07) is 15.0. The molecule has 0 unspecified atom stereocenters. The van der Waals surface area contributed by atoms with E-state index in [9.17, 15) is 19.5 Å². The maximum atomic E-state index is 12.4. The molecule has 0 spiro atoms. The number of hydrogen-bond donors (Lipinski definition) is 3. The molecule has 2 amide bonds. The number of aromatic carboxylic acids is 1. The third-order valence-electron chi connectivity index (χ3n) is 5.48. The van der Waals surface area contributed by atoms with Gasteiger partial charge < -0.3 is 20.5 Å². The molecule has 3 aromatic rings. The third-order valence-corrected chi connectivity index (χ3v) is 5.48. The molecule has 1 aromatic heterocycles. The Morgan fingerprint density at radius 3 is 2.28 bits per heavy atom. The number of alkyl carbamates (subject to hydrolysis) is 1. The standard InChI is InChI=1S/C23H22N4O5/c1-13(21(28)26-20-18(22(29)30)11-24-27(20)2)25-23(31)32-12-19-16-9-5-3-7-14(16)15-8-4-6-10-17(15)19/h3-11,13,19H,12H2,1-2H3,(H,25,31)(H,26,28)(H,29,30)/t13-/m1/s1. The number of hydrogen-bond acceptors (Lipinski definition) is 5. The lowest BCUT2D eigenvalue weighted by Crippen LogP contribution is -2.42. The van der Waals surface area contributed by atoms with E-state index in [1.165, 1.54) is 18.7 Å². The number of carboxylic acid groups (broad SMARTS) is 1. The van der Waals surface area contributed by atoms with Crippen LogP contribution in [-0.4, -0.2) is 45.5 Å². The lowest BCUT2D eigenvalue weighted by atomic mass is 9.98. The fraction of sp³-hybridized carbons (Fsp3) is 0.217. The van der Waals surface area contributed by atoms with Crippen LogP contribution in [0.3, 0.4) is 0 Å². The molecule has 1 heterocycles. The number of amides is 2. The number of rotatable bonds is 6. The van der Waals surface area contributed by atoms with E-state index < -0.39 is 24.0 Å². The van der Waals surface area contributed by atoms with Gasteiger partial charge in [0.25, 0.3) is 0 Å². The summed E-state index contributed by atoms with van der Waals surface area (Å²) in [5.41, 5.74) is 4.27. The highest BCUT2D eigenvalue weighted by Crippen LogP contribution is 2.44. The van der Waals surface area contributed by atoms with E-state index in [0.29, 0.717) is 0 Å². The summed E-state index contributed by atoms with van der Waals surface area (Å²) in [4.78, 5) is 36.1. The van der Waals surface area contributed by atoms with Crippen molar-refractivity contribution in [1.82, 2.24) is 15.1 Å². The van der Waals surface area contributed by atoms with Crippen molar-refractivity contribution in [2.24, 2.45) is 7.05 Å². The molecule has 1 aliphatic carbocycles. The molecule has 0 radical (unpaired) electrons. The van der Waals surface area contributed by atoms with Gasteiger partial charge in [-0.15, -0.1) is 0 Å². The molecular weight excluding hydrogens is 412 g/mol. The quantitative estimate of drug-likeness (QED) is 0.548. The summed E-state index contributed by atoms with van der Waals surface area (Å²) in [5.74, 6) is -1.87. The fourth-order valence-electron chi connectivity index (χ4n) is 3.85. The monoisotopic (exact) mass is 434 g/mol. The van der Waals surface area contributed by atoms with Crippen molar-refractivity contribution in [1.29, 1.82) is 0 Å². The van der Waals surface area contributed by atoms with Crippen LogP contribution in [0.15, 0.2) is 54.7 Å². The molecule has 164 valence electrons. The van der Waals surface area contributed by atoms with Crippen LogP contribution in [0, 0.1) is 0 Å². The van der Waals surface area contributed by atoms with Gasteiger partial charge in [-0.25, -0.2) is 9.59 Å². The van der Waals surface area contributed by atoms with Gasteiger partial charge in [0.2, 0.25) is 5.91 Å². The Labute approximate surface area is 184 Å². The summed E-state index contributed by atoms with van der Waals surface area (Å²) in [5, 5.41) is 18.0. The van der Waals surface area contributed by atoms with Gasteiger partial charge in [-0.1, -0.05) is 48.5 Å². The second-order valence-corrected chi connectivity index (χ2v) is 7.52. The number of benzene rings is 2. The number of aryl methyl sites for hydroxylation is 1. The fourth-order valence-corrected chi connectivity index (χ4v) is 3.85. The molecule has 1 aliphatic rings. The second kappa shape index (κ2) is 8.54. The van der Waals surface area contributed by atoms with E-state index in [0.717, 1.165) is 28.5 Å². The van der Waals surface area contributed by atoms with Gasteiger partial charge in [0.05, 0.1) is 6.20 Å². The molecule has 0 bridgehead atoms. The molecule has 1 atom stereocenters. The molecule has 0 saturated heterocycles.